The molecule has 1 saturated carbocycles. The summed E-state index contributed by atoms with van der Waals surface area (Å²) >= 11 is 0. The number of carbonyl (C=O) groups excluding carboxylic acids is 1. The van der Waals surface area contributed by atoms with Crippen LogP contribution in [-0.2, 0) is 6.42 Å². The number of ketones is 1. The Bertz CT molecular complexity index is 492. The lowest BCUT2D eigenvalue weighted by atomic mass is 9.78. The molecule has 1 fully saturated rings. The summed E-state index contributed by atoms with van der Waals surface area (Å²) in [6, 6.07) is 6.14. The second-order valence-electron chi connectivity index (χ2n) is 5.62. The Morgan fingerprint density at radius 1 is 1.15 bits per heavy atom. The summed E-state index contributed by atoms with van der Waals surface area (Å²) in [5.74, 6) is 0.746. The first-order valence-electron chi connectivity index (χ1n) is 7.64. The van der Waals surface area contributed by atoms with E-state index in [1.807, 2.05) is 18.2 Å². The van der Waals surface area contributed by atoms with Crippen molar-refractivity contribution in [1.82, 2.24) is 0 Å². The van der Waals surface area contributed by atoms with E-state index >= 15 is 0 Å². The number of Topliss-reactive ketones (excluding diaryl/α,β-unsaturated/α-hetero) is 1. The quantitative estimate of drug-likeness (QED) is 0.510. The topological polar surface area (TPSA) is 17.1 Å². The van der Waals surface area contributed by atoms with E-state index in [9.17, 15) is 4.79 Å². The molecule has 0 radical (unpaired) electrons. The highest BCUT2D eigenvalue weighted by Crippen LogP contribution is 2.37. The lowest BCUT2D eigenvalue weighted by molar-refractivity contribution is 0.0994. The molecule has 1 aliphatic carbocycles. The van der Waals surface area contributed by atoms with Crippen LogP contribution in [0.1, 0.15) is 65.9 Å². The van der Waals surface area contributed by atoms with Crippen molar-refractivity contribution in [2.75, 3.05) is 0 Å². The van der Waals surface area contributed by atoms with Crippen LogP contribution in [-0.4, -0.2) is 5.78 Å². The van der Waals surface area contributed by atoms with Gasteiger partial charge in [-0.15, -0.1) is 13.2 Å². The van der Waals surface area contributed by atoms with Gasteiger partial charge in [-0.25, -0.2) is 0 Å². The molecule has 0 unspecified atom stereocenters. The van der Waals surface area contributed by atoms with Crippen LogP contribution in [0.3, 0.4) is 0 Å². The standard InChI is InChI=1S/C19H24O/c1-3-9-15-13-8-14-17(18(20)10-4-2)19(15)16-11-6-5-7-12-16/h3-4,8,13-14,16H,1-2,5-7,9-12H2. The van der Waals surface area contributed by atoms with E-state index in [1.165, 1.54) is 43.2 Å². The molecule has 1 aliphatic rings. The second kappa shape index (κ2) is 7.23. The molecule has 0 aliphatic heterocycles. The van der Waals surface area contributed by atoms with Gasteiger partial charge in [0, 0.05) is 12.0 Å². The minimum Gasteiger partial charge on any atom is -0.294 e. The molecule has 0 bridgehead atoms. The minimum atomic E-state index is 0.200. The van der Waals surface area contributed by atoms with E-state index in [0.717, 1.165) is 12.0 Å². The summed E-state index contributed by atoms with van der Waals surface area (Å²) in [7, 11) is 0. The van der Waals surface area contributed by atoms with Crippen molar-refractivity contribution in [3.05, 3.63) is 60.2 Å². The summed E-state index contributed by atoms with van der Waals surface area (Å²) in [5.41, 5.74) is 3.48. The zero-order valence-corrected chi connectivity index (χ0v) is 12.2. The Morgan fingerprint density at radius 2 is 1.90 bits per heavy atom. The lowest BCUT2D eigenvalue weighted by Crippen LogP contribution is -2.13. The van der Waals surface area contributed by atoms with Gasteiger partial charge in [-0.3, -0.25) is 4.79 Å². The van der Waals surface area contributed by atoms with Crippen LogP contribution in [0.25, 0.3) is 0 Å². The van der Waals surface area contributed by atoms with E-state index in [0.29, 0.717) is 12.3 Å². The van der Waals surface area contributed by atoms with E-state index in [4.69, 9.17) is 0 Å². The fourth-order valence-electron chi connectivity index (χ4n) is 3.30. The lowest BCUT2D eigenvalue weighted by Gasteiger charge is -2.26. The van der Waals surface area contributed by atoms with Gasteiger partial charge in [-0.1, -0.05) is 49.6 Å². The smallest absolute Gasteiger partial charge is 0.166 e. The molecule has 0 aromatic heterocycles. The van der Waals surface area contributed by atoms with Crippen molar-refractivity contribution in [2.45, 2.75) is 50.9 Å². The molecule has 0 spiro atoms. The zero-order valence-electron chi connectivity index (χ0n) is 12.2. The van der Waals surface area contributed by atoms with Gasteiger partial charge in [0.15, 0.2) is 5.78 Å². The van der Waals surface area contributed by atoms with Crippen molar-refractivity contribution in [2.24, 2.45) is 0 Å². The average molecular weight is 268 g/mol. The molecule has 0 atom stereocenters. The third-order valence-corrected chi connectivity index (χ3v) is 4.20. The first-order chi connectivity index (χ1) is 9.77. The number of allylic oxidation sites excluding steroid dienone is 2. The molecule has 106 valence electrons. The molecular weight excluding hydrogens is 244 g/mol. The first kappa shape index (κ1) is 14.8. The third kappa shape index (κ3) is 3.27. The third-order valence-electron chi connectivity index (χ3n) is 4.20. The fraction of sp³-hybridized carbons (Fsp3) is 0.421. The predicted molar refractivity (Wildman–Crippen MR) is 85.3 cm³/mol. The average Bonchev–Trinajstić information content (AvgIpc) is 2.48. The summed E-state index contributed by atoms with van der Waals surface area (Å²) in [4.78, 5) is 12.4. The Balaban J connectivity index is 2.43. The maximum atomic E-state index is 12.4. The van der Waals surface area contributed by atoms with Crippen molar-refractivity contribution < 1.29 is 4.79 Å². The molecule has 1 heteroatoms. The molecule has 0 amide bonds. The van der Waals surface area contributed by atoms with E-state index in [-0.39, 0.29) is 5.78 Å². The van der Waals surface area contributed by atoms with Crippen molar-refractivity contribution in [1.29, 1.82) is 0 Å². The molecule has 2 rings (SSSR count). The van der Waals surface area contributed by atoms with Crippen LogP contribution >= 0.6 is 0 Å². The first-order valence-corrected chi connectivity index (χ1v) is 7.64. The SMILES string of the molecule is C=CCC(=O)c1cccc(CC=C)c1C1CCCCC1. The van der Waals surface area contributed by atoms with Crippen LogP contribution in [0.4, 0.5) is 0 Å². The molecule has 1 aromatic rings. The van der Waals surface area contributed by atoms with Gasteiger partial charge in [0.05, 0.1) is 0 Å². The van der Waals surface area contributed by atoms with Gasteiger partial charge in [0.1, 0.15) is 0 Å². The van der Waals surface area contributed by atoms with Gasteiger partial charge >= 0.3 is 0 Å². The Hall–Kier alpha value is -1.63. The number of benzene rings is 1. The normalized spacial score (nSPS) is 15.8. The summed E-state index contributed by atoms with van der Waals surface area (Å²) in [6.45, 7) is 7.54. The van der Waals surface area contributed by atoms with Gasteiger partial charge in [-0.05, 0) is 36.3 Å². The molecule has 1 aromatic carbocycles. The van der Waals surface area contributed by atoms with Crippen molar-refractivity contribution in [3.63, 3.8) is 0 Å². The number of hydrogen-bond donors (Lipinski definition) is 0. The molecule has 0 saturated heterocycles. The number of rotatable bonds is 6. The Labute approximate surface area is 122 Å². The Kier molecular flexibility index (Phi) is 5.34. The zero-order chi connectivity index (χ0) is 14.4. The predicted octanol–water partition coefficient (Wildman–Crippen LogP) is 5.22. The van der Waals surface area contributed by atoms with Crippen molar-refractivity contribution in [3.8, 4) is 0 Å². The summed E-state index contributed by atoms with van der Waals surface area (Å²) in [6.07, 6.45) is 11.2. The highest BCUT2D eigenvalue weighted by Gasteiger charge is 2.23. The molecule has 20 heavy (non-hydrogen) atoms. The van der Waals surface area contributed by atoms with E-state index in [1.54, 1.807) is 6.08 Å². The monoisotopic (exact) mass is 268 g/mol. The molecule has 1 nitrogen and oxygen atoms in total. The largest absolute Gasteiger partial charge is 0.294 e. The maximum Gasteiger partial charge on any atom is 0.166 e. The maximum absolute atomic E-state index is 12.4. The molecular formula is C19H24O. The van der Waals surface area contributed by atoms with Crippen LogP contribution < -0.4 is 0 Å². The molecule has 0 N–H and O–H groups in total. The highest BCUT2D eigenvalue weighted by molar-refractivity contribution is 5.98. The van der Waals surface area contributed by atoms with Crippen LogP contribution in [0.15, 0.2) is 43.5 Å². The van der Waals surface area contributed by atoms with Gasteiger partial charge in [0.25, 0.3) is 0 Å². The van der Waals surface area contributed by atoms with E-state index < -0.39 is 0 Å². The Morgan fingerprint density at radius 3 is 2.55 bits per heavy atom. The van der Waals surface area contributed by atoms with Gasteiger partial charge in [0.2, 0.25) is 0 Å². The van der Waals surface area contributed by atoms with Crippen LogP contribution in [0.2, 0.25) is 0 Å². The van der Waals surface area contributed by atoms with E-state index in [2.05, 4.69) is 19.2 Å². The number of carbonyl (C=O) groups is 1. The highest BCUT2D eigenvalue weighted by atomic mass is 16.1. The van der Waals surface area contributed by atoms with Crippen molar-refractivity contribution >= 4 is 5.78 Å². The second-order valence-corrected chi connectivity index (χ2v) is 5.62. The van der Waals surface area contributed by atoms with Gasteiger partial charge in [-0.2, -0.15) is 0 Å². The number of hydrogen-bond acceptors (Lipinski definition) is 1. The van der Waals surface area contributed by atoms with Crippen LogP contribution in [0.5, 0.6) is 0 Å². The van der Waals surface area contributed by atoms with Gasteiger partial charge < -0.3 is 0 Å². The molecule has 0 heterocycles. The minimum absolute atomic E-state index is 0.200. The fourth-order valence-corrected chi connectivity index (χ4v) is 3.30. The summed E-state index contributed by atoms with van der Waals surface area (Å²) < 4.78 is 0. The summed E-state index contributed by atoms with van der Waals surface area (Å²) in [5, 5.41) is 0. The van der Waals surface area contributed by atoms with Crippen LogP contribution in [0, 0.1) is 0 Å².